The first kappa shape index (κ1) is 59.9. The molecule has 6 atom stereocenters. The number of hydrogen-bond donors (Lipinski definition) is 4. The number of ether oxygens (including phenoxy) is 4. The maximum absolute atomic E-state index is 12.8. The number of rotatable bonds is 45. The summed E-state index contributed by atoms with van der Waals surface area (Å²) in [5.41, 5.74) is 0. The van der Waals surface area contributed by atoms with Gasteiger partial charge in [-0.15, -0.1) is 0 Å². The average molecular weight is 903 g/mol. The number of carbonyl (C=O) groups excluding carboxylic acids is 1. The largest absolute Gasteiger partial charge is 0.457 e. The Labute approximate surface area is 392 Å². The summed E-state index contributed by atoms with van der Waals surface area (Å²) in [5.74, 6) is -0.327. The van der Waals surface area contributed by atoms with E-state index in [1.807, 2.05) is 0 Å². The van der Waals surface area contributed by atoms with Crippen LogP contribution in [-0.2, 0) is 23.7 Å². The third-order valence-corrected chi connectivity index (χ3v) is 11.9. The summed E-state index contributed by atoms with van der Waals surface area (Å²) in [6.45, 7) is 4.51. The monoisotopic (exact) mass is 903 g/mol. The Morgan fingerprint density at radius 1 is 0.500 bits per heavy atom. The number of allylic oxidation sites excluding steroid dienone is 10. The number of aliphatic hydroxyl groups excluding tert-OH is 4. The molecule has 64 heavy (non-hydrogen) atoms. The second-order valence-electron chi connectivity index (χ2n) is 18.0. The minimum Gasteiger partial charge on any atom is -0.457 e. The molecule has 6 unspecified atom stereocenters. The Hall–Kier alpha value is -2.11. The Morgan fingerprint density at radius 2 is 0.906 bits per heavy atom. The first-order valence-corrected chi connectivity index (χ1v) is 26.4. The van der Waals surface area contributed by atoms with Crippen LogP contribution in [0.4, 0.5) is 0 Å². The van der Waals surface area contributed by atoms with Crippen molar-refractivity contribution in [3.8, 4) is 0 Å². The number of hydrogen-bond acceptors (Lipinski definition) is 9. The van der Waals surface area contributed by atoms with Crippen molar-refractivity contribution in [3.63, 3.8) is 0 Å². The maximum atomic E-state index is 12.8. The molecule has 372 valence electrons. The van der Waals surface area contributed by atoms with Crippen molar-refractivity contribution in [2.75, 3.05) is 26.4 Å². The highest BCUT2D eigenvalue weighted by Gasteiger charge is 2.44. The van der Waals surface area contributed by atoms with Crippen LogP contribution in [0.2, 0.25) is 0 Å². The highest BCUT2D eigenvalue weighted by Crippen LogP contribution is 2.23. The lowest BCUT2D eigenvalue weighted by atomic mass is 9.99. The second-order valence-corrected chi connectivity index (χ2v) is 18.0. The van der Waals surface area contributed by atoms with Crippen LogP contribution in [0.1, 0.15) is 219 Å². The van der Waals surface area contributed by atoms with Gasteiger partial charge in [0.25, 0.3) is 0 Å². The predicted molar refractivity (Wildman–Crippen MR) is 265 cm³/mol. The van der Waals surface area contributed by atoms with Crippen LogP contribution in [0.15, 0.2) is 60.8 Å². The van der Waals surface area contributed by atoms with Gasteiger partial charge in [-0.3, -0.25) is 4.79 Å². The van der Waals surface area contributed by atoms with Crippen LogP contribution in [0.25, 0.3) is 0 Å². The summed E-state index contributed by atoms with van der Waals surface area (Å²) in [7, 11) is 0. The second kappa shape index (κ2) is 46.0. The van der Waals surface area contributed by atoms with E-state index in [-0.39, 0.29) is 19.2 Å². The fraction of sp³-hybridized carbons (Fsp3) is 0.800. The predicted octanol–water partition coefficient (Wildman–Crippen LogP) is 13.0. The molecule has 1 aliphatic rings. The Kier molecular flexibility index (Phi) is 43.1. The van der Waals surface area contributed by atoms with Crippen LogP contribution in [0.3, 0.4) is 0 Å². The summed E-state index contributed by atoms with van der Waals surface area (Å²) in [5, 5.41) is 40.3. The van der Waals surface area contributed by atoms with Gasteiger partial charge in [0.1, 0.15) is 30.5 Å². The maximum Gasteiger partial charge on any atom is 0.306 e. The average Bonchev–Trinajstić information content (AvgIpc) is 3.30. The standard InChI is InChI=1S/C55H98O9/c1-3-5-7-9-11-13-15-17-19-21-23-25-26-28-30-32-34-36-38-40-42-44-51(57)63-49(48-62-55-54(60)53(59)52(58)50(46-56)64-55)47-61-45-43-41-39-37-35-33-31-29-27-24-22-20-18-16-14-12-10-8-6-4-2/h12,14-15,17-18,20-21,23,26,28,49-50,52-56,58-60H,3-11,13,16,19,22,24-25,27,29-48H2,1-2H3/b14-12-,17-15-,20-18-,23-21-,28-26-. The van der Waals surface area contributed by atoms with Gasteiger partial charge in [0.15, 0.2) is 6.29 Å². The number of esters is 1. The van der Waals surface area contributed by atoms with E-state index in [9.17, 15) is 25.2 Å². The van der Waals surface area contributed by atoms with Gasteiger partial charge in [-0.25, -0.2) is 0 Å². The van der Waals surface area contributed by atoms with E-state index in [1.165, 1.54) is 135 Å². The normalized spacial score (nSPS) is 20.0. The Morgan fingerprint density at radius 3 is 1.39 bits per heavy atom. The van der Waals surface area contributed by atoms with Gasteiger partial charge >= 0.3 is 5.97 Å². The zero-order valence-corrected chi connectivity index (χ0v) is 41.0. The van der Waals surface area contributed by atoms with Crippen molar-refractivity contribution in [1.29, 1.82) is 0 Å². The molecule has 1 fully saturated rings. The summed E-state index contributed by atoms with van der Waals surface area (Å²) in [4.78, 5) is 12.8. The molecule has 4 N–H and O–H groups in total. The van der Waals surface area contributed by atoms with E-state index < -0.39 is 43.4 Å². The molecule has 0 amide bonds. The molecule has 0 aromatic rings. The molecule has 0 spiro atoms. The summed E-state index contributed by atoms with van der Waals surface area (Å²) >= 11 is 0. The highest BCUT2D eigenvalue weighted by atomic mass is 16.7. The summed E-state index contributed by atoms with van der Waals surface area (Å²) in [6.07, 6.45) is 52.5. The lowest BCUT2D eigenvalue weighted by Crippen LogP contribution is -2.59. The van der Waals surface area contributed by atoms with Crippen LogP contribution in [0.5, 0.6) is 0 Å². The van der Waals surface area contributed by atoms with Gasteiger partial charge in [0.2, 0.25) is 0 Å². The SMILES string of the molecule is CCCCC/C=C\C/C=C\CCCCCCCCCCCCOCC(COC1OC(CO)C(O)C(O)C1O)OC(=O)CCCCCCCC/C=C\C/C=C\C/C=C\CCCCCCC. The topological polar surface area (TPSA) is 135 Å². The van der Waals surface area contributed by atoms with Crippen molar-refractivity contribution in [2.45, 2.75) is 256 Å². The molecule has 1 saturated heterocycles. The van der Waals surface area contributed by atoms with Gasteiger partial charge in [0, 0.05) is 13.0 Å². The molecular formula is C55H98O9. The minimum atomic E-state index is -1.54. The molecule has 1 aliphatic heterocycles. The first-order chi connectivity index (χ1) is 31.4. The van der Waals surface area contributed by atoms with E-state index in [4.69, 9.17) is 18.9 Å². The van der Waals surface area contributed by atoms with E-state index in [0.717, 1.165) is 64.2 Å². The molecule has 0 saturated carbocycles. The molecule has 0 aromatic carbocycles. The first-order valence-electron chi connectivity index (χ1n) is 26.4. The van der Waals surface area contributed by atoms with Crippen LogP contribution >= 0.6 is 0 Å². The molecule has 9 nitrogen and oxygen atoms in total. The van der Waals surface area contributed by atoms with Crippen molar-refractivity contribution in [3.05, 3.63) is 60.8 Å². The van der Waals surface area contributed by atoms with Gasteiger partial charge in [0.05, 0.1) is 19.8 Å². The quantitative estimate of drug-likeness (QED) is 0.0268. The fourth-order valence-electron chi connectivity index (χ4n) is 7.76. The van der Waals surface area contributed by atoms with Crippen molar-refractivity contribution in [1.82, 2.24) is 0 Å². The molecule has 1 rings (SSSR count). The minimum absolute atomic E-state index is 0.122. The highest BCUT2D eigenvalue weighted by molar-refractivity contribution is 5.69. The third kappa shape index (κ3) is 36.1. The lowest BCUT2D eigenvalue weighted by molar-refractivity contribution is -0.305. The zero-order valence-electron chi connectivity index (χ0n) is 41.0. The van der Waals surface area contributed by atoms with E-state index in [0.29, 0.717) is 13.0 Å². The molecule has 0 radical (unpaired) electrons. The van der Waals surface area contributed by atoms with Gasteiger partial charge in [-0.1, -0.05) is 190 Å². The third-order valence-electron chi connectivity index (χ3n) is 11.9. The molecule has 1 heterocycles. The van der Waals surface area contributed by atoms with Crippen LogP contribution in [-0.4, -0.2) is 89.6 Å². The molecule has 0 bridgehead atoms. The van der Waals surface area contributed by atoms with E-state index >= 15 is 0 Å². The van der Waals surface area contributed by atoms with Crippen LogP contribution < -0.4 is 0 Å². The molecule has 0 aromatic heterocycles. The smallest absolute Gasteiger partial charge is 0.306 e. The van der Waals surface area contributed by atoms with Crippen LogP contribution in [0, 0.1) is 0 Å². The van der Waals surface area contributed by atoms with Gasteiger partial charge in [-0.2, -0.15) is 0 Å². The van der Waals surface area contributed by atoms with Gasteiger partial charge in [-0.05, 0) is 83.5 Å². The number of carbonyl (C=O) groups is 1. The van der Waals surface area contributed by atoms with E-state index in [2.05, 4.69) is 74.6 Å². The number of aliphatic hydroxyl groups is 4. The Bertz CT molecular complexity index is 1160. The van der Waals surface area contributed by atoms with Gasteiger partial charge < -0.3 is 39.4 Å². The zero-order chi connectivity index (χ0) is 46.4. The fourth-order valence-corrected chi connectivity index (χ4v) is 7.76. The van der Waals surface area contributed by atoms with Crippen molar-refractivity contribution >= 4 is 5.97 Å². The van der Waals surface area contributed by atoms with Crippen molar-refractivity contribution in [2.24, 2.45) is 0 Å². The Balaban J connectivity index is 2.22. The molecule has 0 aliphatic carbocycles. The molecular weight excluding hydrogens is 805 g/mol. The van der Waals surface area contributed by atoms with E-state index in [1.54, 1.807) is 0 Å². The summed E-state index contributed by atoms with van der Waals surface area (Å²) < 4.78 is 22.9. The lowest BCUT2D eigenvalue weighted by Gasteiger charge is -2.39. The molecule has 9 heteroatoms. The van der Waals surface area contributed by atoms with Crippen molar-refractivity contribution < 1.29 is 44.2 Å². The summed E-state index contributed by atoms with van der Waals surface area (Å²) in [6, 6.07) is 0. The number of unbranched alkanes of at least 4 members (excludes halogenated alkanes) is 24.